The number of piperidine rings is 1. The maximum absolute atomic E-state index is 12.3. The van der Waals surface area contributed by atoms with Gasteiger partial charge in [0.15, 0.2) is 0 Å². The van der Waals surface area contributed by atoms with E-state index < -0.39 is 0 Å². The largest absolute Gasteiger partial charge is 0.338 e. The van der Waals surface area contributed by atoms with Crippen molar-refractivity contribution in [3.05, 3.63) is 30.1 Å². The minimum Gasteiger partial charge on any atom is -0.338 e. The molecule has 98 valence electrons. The van der Waals surface area contributed by atoms with Crippen molar-refractivity contribution in [2.24, 2.45) is 5.92 Å². The van der Waals surface area contributed by atoms with Crippen LogP contribution in [0.3, 0.4) is 0 Å². The lowest BCUT2D eigenvalue weighted by molar-refractivity contribution is -0.134. The van der Waals surface area contributed by atoms with E-state index in [0.717, 1.165) is 25.1 Å². The Hall–Kier alpha value is -1.42. The van der Waals surface area contributed by atoms with Crippen molar-refractivity contribution in [2.45, 2.75) is 32.4 Å². The van der Waals surface area contributed by atoms with Gasteiger partial charge >= 0.3 is 0 Å². The van der Waals surface area contributed by atoms with Gasteiger partial charge in [0.25, 0.3) is 0 Å². The molecule has 0 aromatic carbocycles. The molecule has 1 aromatic rings. The van der Waals surface area contributed by atoms with Gasteiger partial charge in [0.1, 0.15) is 0 Å². The summed E-state index contributed by atoms with van der Waals surface area (Å²) in [5.41, 5.74) is 0.928. The Labute approximate surface area is 108 Å². The van der Waals surface area contributed by atoms with Crippen LogP contribution in [0.2, 0.25) is 0 Å². The molecule has 1 saturated heterocycles. The molecule has 2 heterocycles. The van der Waals surface area contributed by atoms with Crippen molar-refractivity contribution in [1.29, 1.82) is 0 Å². The molecule has 1 fully saturated rings. The second kappa shape index (κ2) is 5.96. The minimum atomic E-state index is -0.0348. The molecule has 4 heteroatoms. The third-order valence-electron chi connectivity index (χ3n) is 3.54. The smallest absolute Gasteiger partial charge is 0.240 e. The number of likely N-dealkylation sites (N-methyl/N-ethyl adjacent to an activating group) is 1. The Bertz CT molecular complexity index is 393. The Morgan fingerprint density at radius 2 is 2.39 bits per heavy atom. The molecule has 1 aliphatic rings. The zero-order valence-corrected chi connectivity index (χ0v) is 11.1. The average molecular weight is 247 g/mol. The fraction of sp³-hybridized carbons (Fsp3) is 0.571. The van der Waals surface area contributed by atoms with Crippen molar-refractivity contribution in [2.75, 3.05) is 13.6 Å². The summed E-state index contributed by atoms with van der Waals surface area (Å²) >= 11 is 0. The topological polar surface area (TPSA) is 45.2 Å². The first-order chi connectivity index (χ1) is 8.68. The van der Waals surface area contributed by atoms with Crippen LogP contribution in [-0.2, 0) is 11.3 Å². The SMILES string of the molecule is CC1CCCNC1C(=O)N(C)Cc1ccccn1. The van der Waals surface area contributed by atoms with Gasteiger partial charge in [-0.15, -0.1) is 0 Å². The van der Waals surface area contributed by atoms with E-state index in [1.807, 2.05) is 25.2 Å². The molecule has 1 aliphatic heterocycles. The van der Waals surface area contributed by atoms with Gasteiger partial charge in [-0.1, -0.05) is 13.0 Å². The van der Waals surface area contributed by atoms with E-state index in [4.69, 9.17) is 0 Å². The number of nitrogens with one attached hydrogen (secondary N) is 1. The molecular formula is C14H21N3O. The van der Waals surface area contributed by atoms with E-state index in [1.54, 1.807) is 11.1 Å². The van der Waals surface area contributed by atoms with Gasteiger partial charge in [-0.25, -0.2) is 0 Å². The monoisotopic (exact) mass is 247 g/mol. The van der Waals surface area contributed by atoms with Gasteiger partial charge in [0, 0.05) is 13.2 Å². The van der Waals surface area contributed by atoms with E-state index >= 15 is 0 Å². The molecule has 0 saturated carbocycles. The van der Waals surface area contributed by atoms with Crippen LogP contribution in [0.1, 0.15) is 25.5 Å². The molecule has 0 radical (unpaired) electrons. The molecule has 2 rings (SSSR count). The van der Waals surface area contributed by atoms with Crippen LogP contribution in [0, 0.1) is 5.92 Å². The minimum absolute atomic E-state index is 0.0348. The highest BCUT2D eigenvalue weighted by Crippen LogP contribution is 2.17. The Morgan fingerprint density at radius 1 is 1.56 bits per heavy atom. The number of rotatable bonds is 3. The number of hydrogen-bond donors (Lipinski definition) is 1. The van der Waals surface area contributed by atoms with Gasteiger partial charge in [-0.05, 0) is 37.4 Å². The number of carbonyl (C=O) groups excluding carboxylic acids is 1. The fourth-order valence-electron chi connectivity index (χ4n) is 2.43. The number of aromatic nitrogens is 1. The van der Waals surface area contributed by atoms with Crippen LogP contribution in [0.4, 0.5) is 0 Å². The lowest BCUT2D eigenvalue weighted by Crippen LogP contribution is -2.51. The average Bonchev–Trinajstić information content (AvgIpc) is 2.39. The van der Waals surface area contributed by atoms with Gasteiger partial charge in [0.05, 0.1) is 18.3 Å². The second-order valence-corrected chi connectivity index (χ2v) is 5.07. The predicted molar refractivity (Wildman–Crippen MR) is 70.9 cm³/mol. The third-order valence-corrected chi connectivity index (χ3v) is 3.54. The van der Waals surface area contributed by atoms with Crippen molar-refractivity contribution >= 4 is 5.91 Å². The summed E-state index contributed by atoms with van der Waals surface area (Å²) < 4.78 is 0. The first-order valence-corrected chi connectivity index (χ1v) is 6.57. The number of carbonyl (C=O) groups is 1. The number of pyridine rings is 1. The summed E-state index contributed by atoms with van der Waals surface area (Å²) in [6, 6.07) is 5.74. The highest BCUT2D eigenvalue weighted by molar-refractivity contribution is 5.82. The fourth-order valence-corrected chi connectivity index (χ4v) is 2.43. The number of amides is 1. The van der Waals surface area contributed by atoms with Crippen LogP contribution in [-0.4, -0.2) is 35.4 Å². The van der Waals surface area contributed by atoms with Crippen molar-refractivity contribution in [1.82, 2.24) is 15.2 Å². The standard InChI is InChI=1S/C14H21N3O/c1-11-6-5-9-16-13(11)14(18)17(2)10-12-7-3-4-8-15-12/h3-4,7-8,11,13,16H,5-6,9-10H2,1-2H3. The summed E-state index contributed by atoms with van der Waals surface area (Å²) in [5.74, 6) is 0.588. The maximum atomic E-state index is 12.3. The van der Waals surface area contributed by atoms with Crippen LogP contribution in [0.5, 0.6) is 0 Å². The molecule has 1 N–H and O–H groups in total. The van der Waals surface area contributed by atoms with Crippen molar-refractivity contribution in [3.8, 4) is 0 Å². The zero-order chi connectivity index (χ0) is 13.0. The number of nitrogens with zero attached hydrogens (tertiary/aromatic N) is 2. The first kappa shape index (κ1) is 13.0. The van der Waals surface area contributed by atoms with E-state index in [-0.39, 0.29) is 11.9 Å². The van der Waals surface area contributed by atoms with E-state index in [0.29, 0.717) is 12.5 Å². The van der Waals surface area contributed by atoms with Gasteiger partial charge in [-0.2, -0.15) is 0 Å². The summed E-state index contributed by atoms with van der Waals surface area (Å²) in [6.45, 7) is 3.66. The molecule has 0 aliphatic carbocycles. The quantitative estimate of drug-likeness (QED) is 0.879. The molecule has 18 heavy (non-hydrogen) atoms. The van der Waals surface area contributed by atoms with E-state index in [2.05, 4.69) is 17.2 Å². The van der Waals surface area contributed by atoms with Crippen molar-refractivity contribution in [3.63, 3.8) is 0 Å². The second-order valence-electron chi connectivity index (χ2n) is 5.07. The Kier molecular flexibility index (Phi) is 4.31. The summed E-state index contributed by atoms with van der Waals surface area (Å²) in [6.07, 6.45) is 4.05. The van der Waals surface area contributed by atoms with E-state index in [1.165, 1.54) is 0 Å². The first-order valence-electron chi connectivity index (χ1n) is 6.57. The summed E-state index contributed by atoms with van der Waals surface area (Å²) in [7, 11) is 1.85. The molecule has 1 aromatic heterocycles. The van der Waals surface area contributed by atoms with Gasteiger partial charge in [0.2, 0.25) is 5.91 Å². The zero-order valence-electron chi connectivity index (χ0n) is 11.1. The molecule has 0 bridgehead atoms. The summed E-state index contributed by atoms with van der Waals surface area (Å²) in [5, 5.41) is 3.32. The highest BCUT2D eigenvalue weighted by atomic mass is 16.2. The number of hydrogen-bond acceptors (Lipinski definition) is 3. The predicted octanol–water partition coefficient (Wildman–Crippen LogP) is 1.43. The van der Waals surface area contributed by atoms with Gasteiger partial charge in [-0.3, -0.25) is 9.78 Å². The Morgan fingerprint density at radius 3 is 3.06 bits per heavy atom. The summed E-state index contributed by atoms with van der Waals surface area (Å²) in [4.78, 5) is 18.4. The van der Waals surface area contributed by atoms with Crippen molar-refractivity contribution < 1.29 is 4.79 Å². The van der Waals surface area contributed by atoms with Crippen LogP contribution < -0.4 is 5.32 Å². The molecule has 1 amide bonds. The Balaban J connectivity index is 1.96. The normalized spacial score (nSPS) is 23.7. The third kappa shape index (κ3) is 3.07. The molecule has 2 unspecified atom stereocenters. The van der Waals surface area contributed by atoms with Crippen LogP contribution in [0.15, 0.2) is 24.4 Å². The maximum Gasteiger partial charge on any atom is 0.240 e. The highest BCUT2D eigenvalue weighted by Gasteiger charge is 2.29. The molecule has 0 spiro atoms. The lowest BCUT2D eigenvalue weighted by Gasteiger charge is -2.32. The van der Waals surface area contributed by atoms with Crippen LogP contribution >= 0.6 is 0 Å². The van der Waals surface area contributed by atoms with Gasteiger partial charge < -0.3 is 10.2 Å². The molecule has 4 nitrogen and oxygen atoms in total. The molecule has 2 atom stereocenters. The molecular weight excluding hydrogens is 226 g/mol. The lowest BCUT2D eigenvalue weighted by atomic mass is 9.92. The van der Waals surface area contributed by atoms with Crippen LogP contribution in [0.25, 0.3) is 0 Å². The van der Waals surface area contributed by atoms with E-state index in [9.17, 15) is 4.79 Å².